The van der Waals surface area contributed by atoms with E-state index in [-0.39, 0.29) is 31.3 Å². The number of hydrogen-bond donors (Lipinski definition) is 2. The Morgan fingerprint density at radius 3 is 2.80 bits per heavy atom. The van der Waals surface area contributed by atoms with E-state index in [1.165, 1.54) is 4.90 Å². The fourth-order valence-electron chi connectivity index (χ4n) is 4.63. The molecule has 1 aliphatic heterocycles. The van der Waals surface area contributed by atoms with Crippen molar-refractivity contribution in [3.63, 3.8) is 0 Å². The Morgan fingerprint density at radius 1 is 1.31 bits per heavy atom. The van der Waals surface area contributed by atoms with Crippen LogP contribution < -0.4 is 5.32 Å². The number of aliphatic hydroxyl groups is 1. The number of aliphatic hydroxyl groups excluding tert-OH is 1. The summed E-state index contributed by atoms with van der Waals surface area (Å²) in [7, 11) is 0. The molecule has 1 aliphatic carbocycles. The molecule has 1 aromatic carbocycles. The summed E-state index contributed by atoms with van der Waals surface area (Å²) in [5.74, 6) is 0.168. The van der Waals surface area contributed by atoms with Gasteiger partial charge in [-0.2, -0.15) is 0 Å². The lowest BCUT2D eigenvalue weighted by atomic mass is 9.85. The Kier molecular flexibility index (Phi) is 6.16. The van der Waals surface area contributed by atoms with Crippen molar-refractivity contribution in [1.29, 1.82) is 0 Å². The van der Waals surface area contributed by atoms with Gasteiger partial charge in [0.1, 0.15) is 17.6 Å². The molecule has 1 saturated carbocycles. The van der Waals surface area contributed by atoms with Gasteiger partial charge in [0.2, 0.25) is 17.7 Å². The maximum atomic E-state index is 13.8. The number of likely N-dealkylation sites (tertiary alicyclic amines) is 1. The van der Waals surface area contributed by atoms with Crippen molar-refractivity contribution < 1.29 is 19.1 Å². The molecule has 2 aromatic heterocycles. The summed E-state index contributed by atoms with van der Waals surface area (Å²) in [4.78, 5) is 32.8. The monoisotopic (exact) mass is 544 g/mol. The maximum Gasteiger partial charge on any atom is 0.248 e. The van der Waals surface area contributed by atoms with Crippen molar-refractivity contribution in [1.82, 2.24) is 30.2 Å². The predicted octanol–water partition coefficient (Wildman–Crippen LogP) is 2.92. The SMILES string of the molecule is CC(C)(C)[C@@H](C(=O)N1CC(O)CC1C(=O)NCc1nc2ccc(Br)cc2o1)n1cc(C2CC2)nn1. The summed E-state index contributed by atoms with van der Waals surface area (Å²) in [5, 5.41) is 21.7. The van der Waals surface area contributed by atoms with Crippen molar-refractivity contribution in [2.24, 2.45) is 5.41 Å². The number of nitrogens with one attached hydrogen (secondary N) is 1. The van der Waals surface area contributed by atoms with E-state index in [9.17, 15) is 14.7 Å². The summed E-state index contributed by atoms with van der Waals surface area (Å²) in [5.41, 5.74) is 1.72. The molecule has 2 aliphatic rings. The van der Waals surface area contributed by atoms with Crippen LogP contribution in [0, 0.1) is 5.41 Å². The van der Waals surface area contributed by atoms with Gasteiger partial charge in [-0.3, -0.25) is 9.59 Å². The summed E-state index contributed by atoms with van der Waals surface area (Å²) >= 11 is 3.40. The molecular weight excluding hydrogens is 516 g/mol. The number of halogens is 1. The van der Waals surface area contributed by atoms with Crippen molar-refractivity contribution in [3.8, 4) is 0 Å². The van der Waals surface area contributed by atoms with Gasteiger partial charge in [0.25, 0.3) is 0 Å². The molecule has 186 valence electrons. The Bertz CT molecular complexity index is 1260. The third kappa shape index (κ3) is 4.97. The van der Waals surface area contributed by atoms with Crippen LogP contribution >= 0.6 is 15.9 Å². The highest BCUT2D eigenvalue weighted by Gasteiger charge is 2.45. The largest absolute Gasteiger partial charge is 0.439 e. The van der Waals surface area contributed by atoms with Crippen LogP contribution in [-0.2, 0) is 16.1 Å². The third-order valence-electron chi connectivity index (χ3n) is 6.52. The smallest absolute Gasteiger partial charge is 0.248 e. The zero-order valence-electron chi connectivity index (χ0n) is 19.9. The highest BCUT2D eigenvalue weighted by atomic mass is 79.9. The average molecular weight is 545 g/mol. The number of carbonyl (C=O) groups is 2. The van der Waals surface area contributed by atoms with Crippen LogP contribution in [0.4, 0.5) is 0 Å². The van der Waals surface area contributed by atoms with Gasteiger partial charge in [-0.25, -0.2) is 9.67 Å². The molecule has 35 heavy (non-hydrogen) atoms. The van der Waals surface area contributed by atoms with E-state index in [2.05, 4.69) is 36.5 Å². The highest BCUT2D eigenvalue weighted by Crippen LogP contribution is 2.40. The minimum atomic E-state index is -0.799. The zero-order chi connectivity index (χ0) is 24.9. The van der Waals surface area contributed by atoms with Crippen molar-refractivity contribution in [2.45, 2.75) is 70.7 Å². The van der Waals surface area contributed by atoms with Gasteiger partial charge in [0, 0.05) is 29.6 Å². The Hall–Kier alpha value is -2.79. The number of oxazole rings is 1. The van der Waals surface area contributed by atoms with Gasteiger partial charge in [-0.05, 0) is 36.5 Å². The van der Waals surface area contributed by atoms with Crippen LogP contribution in [0.2, 0.25) is 0 Å². The van der Waals surface area contributed by atoms with Crippen molar-refractivity contribution in [2.75, 3.05) is 6.54 Å². The fourth-order valence-corrected chi connectivity index (χ4v) is 4.97. The van der Waals surface area contributed by atoms with E-state index < -0.39 is 23.6 Å². The maximum absolute atomic E-state index is 13.8. The number of rotatable bonds is 6. The van der Waals surface area contributed by atoms with Gasteiger partial charge in [-0.1, -0.05) is 41.9 Å². The first-order valence-corrected chi connectivity index (χ1v) is 12.6. The normalized spacial score (nSPS) is 21.5. The molecule has 2 fully saturated rings. The summed E-state index contributed by atoms with van der Waals surface area (Å²) in [6.07, 6.45) is 3.41. The summed E-state index contributed by atoms with van der Waals surface area (Å²) in [6, 6.07) is 4.05. The molecule has 3 aromatic rings. The zero-order valence-corrected chi connectivity index (χ0v) is 21.5. The Morgan fingerprint density at radius 2 is 2.09 bits per heavy atom. The van der Waals surface area contributed by atoms with Gasteiger partial charge >= 0.3 is 0 Å². The first-order valence-electron chi connectivity index (χ1n) is 11.8. The number of amides is 2. The average Bonchev–Trinajstić information content (AvgIpc) is 3.19. The first-order chi connectivity index (χ1) is 16.6. The lowest BCUT2D eigenvalue weighted by molar-refractivity contribution is -0.144. The lowest BCUT2D eigenvalue weighted by Gasteiger charge is -2.34. The minimum Gasteiger partial charge on any atom is -0.439 e. The second-order valence-corrected chi connectivity index (χ2v) is 11.4. The minimum absolute atomic E-state index is 0.0796. The molecule has 0 radical (unpaired) electrons. The summed E-state index contributed by atoms with van der Waals surface area (Å²) < 4.78 is 8.21. The molecule has 11 heteroatoms. The van der Waals surface area contributed by atoms with Crippen molar-refractivity contribution in [3.05, 3.63) is 40.5 Å². The van der Waals surface area contributed by atoms with Crippen molar-refractivity contribution >= 4 is 38.8 Å². The molecule has 1 saturated heterocycles. The van der Waals surface area contributed by atoms with Crippen LogP contribution in [0.15, 0.2) is 33.3 Å². The molecule has 3 atom stereocenters. The number of aromatic nitrogens is 4. The summed E-state index contributed by atoms with van der Waals surface area (Å²) in [6.45, 7) is 6.05. The molecule has 2 unspecified atom stereocenters. The number of carbonyl (C=O) groups excluding carboxylic acids is 2. The molecular formula is C24H29BrN6O4. The second-order valence-electron chi connectivity index (χ2n) is 10.5. The van der Waals surface area contributed by atoms with Crippen LogP contribution in [0.1, 0.15) is 63.6 Å². The molecule has 3 heterocycles. The second kappa shape index (κ2) is 9.02. The van der Waals surface area contributed by atoms with Gasteiger partial charge in [0.05, 0.1) is 18.3 Å². The van der Waals surface area contributed by atoms with Crippen LogP contribution in [-0.4, -0.2) is 60.5 Å². The number of hydrogen-bond acceptors (Lipinski definition) is 7. The fraction of sp³-hybridized carbons (Fsp3) is 0.542. The molecule has 0 bridgehead atoms. The lowest BCUT2D eigenvalue weighted by Crippen LogP contribution is -2.50. The topological polar surface area (TPSA) is 126 Å². The highest BCUT2D eigenvalue weighted by molar-refractivity contribution is 9.10. The van der Waals surface area contributed by atoms with E-state index in [1.54, 1.807) is 4.68 Å². The molecule has 2 amide bonds. The number of β-amino-alcohol motifs (C(OH)–C–C–N with tert-alkyl or cyclic N) is 1. The Balaban J connectivity index is 1.32. The third-order valence-corrected chi connectivity index (χ3v) is 7.01. The van der Waals surface area contributed by atoms with Crippen LogP contribution in [0.25, 0.3) is 11.1 Å². The first kappa shape index (κ1) is 23.9. The number of fused-ring (bicyclic) bond motifs is 1. The van der Waals surface area contributed by atoms with E-state index in [0.717, 1.165) is 23.0 Å². The van der Waals surface area contributed by atoms with Gasteiger partial charge in [-0.15, -0.1) is 5.10 Å². The molecule has 5 rings (SSSR count). The van der Waals surface area contributed by atoms with Gasteiger partial charge < -0.3 is 19.7 Å². The number of benzene rings is 1. The molecule has 2 N–H and O–H groups in total. The van der Waals surface area contributed by atoms with E-state index >= 15 is 0 Å². The Labute approximate surface area is 211 Å². The molecule has 10 nitrogen and oxygen atoms in total. The number of nitrogens with zero attached hydrogens (tertiary/aromatic N) is 5. The van der Waals surface area contributed by atoms with Crippen LogP contribution in [0.5, 0.6) is 0 Å². The van der Waals surface area contributed by atoms with Crippen LogP contribution in [0.3, 0.4) is 0 Å². The quantitative estimate of drug-likeness (QED) is 0.488. The van der Waals surface area contributed by atoms with E-state index in [1.807, 2.05) is 45.2 Å². The van der Waals surface area contributed by atoms with E-state index in [0.29, 0.717) is 22.9 Å². The standard InChI is InChI=1S/C24H29BrN6O4/c1-24(2,3)21(31-12-17(28-29-31)13-4-5-13)23(34)30-11-15(32)9-18(30)22(33)26-10-20-27-16-7-6-14(25)8-19(16)35-20/h6-8,12-13,15,18,21,32H,4-5,9-11H2,1-3H3,(H,26,33)/t15?,18?,21-/m1/s1. The predicted molar refractivity (Wildman–Crippen MR) is 130 cm³/mol. The molecule has 0 spiro atoms. The van der Waals surface area contributed by atoms with Gasteiger partial charge in [0.15, 0.2) is 5.58 Å². The van der Waals surface area contributed by atoms with E-state index in [4.69, 9.17) is 4.42 Å².